The molecule has 0 radical (unpaired) electrons. The maximum atomic E-state index is 14.4. The molecule has 2 aliphatic rings. The topological polar surface area (TPSA) is 99.5 Å². The molecule has 2 unspecified atom stereocenters. The summed E-state index contributed by atoms with van der Waals surface area (Å²) in [5.74, 6) is 1.17. The molecular weight excluding hydrogens is 560 g/mol. The first-order chi connectivity index (χ1) is 19.8. The summed E-state index contributed by atoms with van der Waals surface area (Å²) in [4.78, 5) is 35.3. The number of carbonyl (C=O) groups is 2. The van der Waals surface area contributed by atoms with Gasteiger partial charge < -0.3 is 19.7 Å². The van der Waals surface area contributed by atoms with Gasteiger partial charge in [0.2, 0.25) is 0 Å². The van der Waals surface area contributed by atoms with E-state index >= 15 is 0 Å². The summed E-state index contributed by atoms with van der Waals surface area (Å²) >= 11 is 3.09. The summed E-state index contributed by atoms with van der Waals surface area (Å²) in [6.45, 7) is 8.73. The number of ether oxygens (including phenoxy) is 2. The number of nitrogens with zero attached hydrogens (tertiary/aromatic N) is 2. The van der Waals surface area contributed by atoms with Gasteiger partial charge in [0.15, 0.2) is 11.6 Å². The van der Waals surface area contributed by atoms with Crippen molar-refractivity contribution >= 4 is 35.1 Å². The minimum atomic E-state index is -0.955. The number of benzene rings is 2. The molecule has 2 atom stereocenters. The molecular formula is C31H42N2O6S2. The summed E-state index contributed by atoms with van der Waals surface area (Å²) in [5.41, 5.74) is -0.699. The first-order valence-electron chi connectivity index (χ1n) is 14.2. The zero-order valence-electron chi connectivity index (χ0n) is 24.0. The lowest BCUT2D eigenvalue weighted by Gasteiger charge is -2.50. The van der Waals surface area contributed by atoms with Crippen LogP contribution in [-0.2, 0) is 9.47 Å². The van der Waals surface area contributed by atoms with Gasteiger partial charge in [0.1, 0.15) is 0 Å². The van der Waals surface area contributed by atoms with Gasteiger partial charge in [-0.3, -0.25) is 19.4 Å². The van der Waals surface area contributed by atoms with E-state index in [9.17, 15) is 19.8 Å². The third-order valence-electron chi connectivity index (χ3n) is 8.04. The highest BCUT2D eigenvalue weighted by atomic mass is 32.2. The molecule has 2 heterocycles. The van der Waals surface area contributed by atoms with E-state index in [-0.39, 0.29) is 24.8 Å². The van der Waals surface area contributed by atoms with Gasteiger partial charge in [-0.2, -0.15) is 0 Å². The average Bonchev–Trinajstić information content (AvgIpc) is 3.03. The van der Waals surface area contributed by atoms with E-state index < -0.39 is 11.1 Å². The number of aliphatic hydroxyl groups is 2. The Morgan fingerprint density at radius 2 is 1.02 bits per heavy atom. The molecule has 2 aromatic rings. The number of ketones is 2. The lowest BCUT2D eigenvalue weighted by Crippen LogP contribution is -2.65. The van der Waals surface area contributed by atoms with Crippen molar-refractivity contribution in [3.05, 3.63) is 59.7 Å². The van der Waals surface area contributed by atoms with Crippen LogP contribution in [-0.4, -0.2) is 120 Å². The Balaban J connectivity index is 1.69. The van der Waals surface area contributed by atoms with Crippen LogP contribution in [0.2, 0.25) is 0 Å². The second kappa shape index (κ2) is 15.1. The lowest BCUT2D eigenvalue weighted by molar-refractivity contribution is -0.0465. The molecule has 2 aliphatic heterocycles. The van der Waals surface area contributed by atoms with Crippen molar-refractivity contribution in [3.8, 4) is 0 Å². The van der Waals surface area contributed by atoms with E-state index in [1.54, 1.807) is 23.5 Å². The second-order valence-corrected chi connectivity index (χ2v) is 13.1. The van der Waals surface area contributed by atoms with Crippen molar-refractivity contribution in [3.63, 3.8) is 0 Å². The molecule has 0 bridgehead atoms. The van der Waals surface area contributed by atoms with Gasteiger partial charge in [0, 0.05) is 58.6 Å². The summed E-state index contributed by atoms with van der Waals surface area (Å²) in [5, 5.41) is 18.3. The van der Waals surface area contributed by atoms with Crippen molar-refractivity contribution in [2.45, 2.75) is 41.1 Å². The fourth-order valence-electron chi connectivity index (χ4n) is 5.81. The predicted octanol–water partition coefficient (Wildman–Crippen LogP) is 3.49. The zero-order valence-corrected chi connectivity index (χ0v) is 25.7. The standard InChI is InChI=1S/C31H42N2O6S2/c1-30(32-11-17-38-18-12-32,28(36)24-3-7-26(8-4-24)40-21-15-34)23-31(2,33-13-19-39-20-14-33)29(37)25-5-9-27(10-6-25)41-22-16-35/h3-10,34-35H,11-23H2,1-2H3. The first kappa shape index (κ1) is 32.2. The number of rotatable bonds is 14. The molecule has 8 nitrogen and oxygen atoms in total. The van der Waals surface area contributed by atoms with Crippen molar-refractivity contribution in [2.75, 3.05) is 77.3 Å². The van der Waals surface area contributed by atoms with Gasteiger partial charge in [-0.15, -0.1) is 23.5 Å². The molecule has 4 rings (SSSR count). The number of hydrogen-bond donors (Lipinski definition) is 2. The molecule has 10 heteroatoms. The number of morpholine rings is 2. The number of thioether (sulfide) groups is 2. The average molecular weight is 603 g/mol. The minimum absolute atomic E-state index is 0.0128. The minimum Gasteiger partial charge on any atom is -0.396 e. The third-order valence-corrected chi connectivity index (χ3v) is 10.0. The van der Waals surface area contributed by atoms with E-state index in [2.05, 4.69) is 9.80 Å². The molecule has 2 fully saturated rings. The van der Waals surface area contributed by atoms with Gasteiger partial charge in [-0.25, -0.2) is 0 Å². The van der Waals surface area contributed by atoms with Gasteiger partial charge in [-0.05, 0) is 44.5 Å². The maximum Gasteiger partial charge on any atom is 0.182 e. The van der Waals surface area contributed by atoms with Gasteiger partial charge in [0.25, 0.3) is 0 Å². The lowest BCUT2D eigenvalue weighted by atomic mass is 9.74. The molecule has 0 aliphatic carbocycles. The molecule has 2 N–H and O–H groups in total. The van der Waals surface area contributed by atoms with Crippen LogP contribution in [0, 0.1) is 0 Å². The molecule has 0 saturated carbocycles. The normalized spacial score (nSPS) is 19.8. The Morgan fingerprint density at radius 1 is 0.683 bits per heavy atom. The fraction of sp³-hybridized carbons (Fsp3) is 0.548. The van der Waals surface area contributed by atoms with E-state index in [1.807, 2.05) is 62.4 Å². The fourth-order valence-corrected chi connectivity index (χ4v) is 7.12. The molecule has 0 aromatic heterocycles. The van der Waals surface area contributed by atoms with E-state index in [0.717, 1.165) is 9.79 Å². The van der Waals surface area contributed by atoms with E-state index in [4.69, 9.17) is 9.47 Å². The number of hydrogen-bond acceptors (Lipinski definition) is 10. The quantitative estimate of drug-likeness (QED) is 0.247. The highest BCUT2D eigenvalue weighted by molar-refractivity contribution is 7.99. The number of carbonyl (C=O) groups excluding carboxylic acids is 2. The number of aliphatic hydroxyl groups excluding tert-OH is 2. The monoisotopic (exact) mass is 602 g/mol. The highest BCUT2D eigenvalue weighted by Crippen LogP contribution is 2.37. The Bertz CT molecular complexity index is 1050. The molecule has 224 valence electrons. The van der Waals surface area contributed by atoms with Gasteiger partial charge in [0.05, 0.1) is 50.7 Å². The molecule has 41 heavy (non-hydrogen) atoms. The summed E-state index contributed by atoms with van der Waals surface area (Å²) in [6, 6.07) is 15.1. The largest absolute Gasteiger partial charge is 0.396 e. The van der Waals surface area contributed by atoms with Crippen LogP contribution in [0.4, 0.5) is 0 Å². The van der Waals surface area contributed by atoms with Crippen LogP contribution < -0.4 is 0 Å². The van der Waals surface area contributed by atoms with Crippen LogP contribution in [0.15, 0.2) is 58.3 Å². The molecule has 0 amide bonds. The van der Waals surface area contributed by atoms with Crippen LogP contribution in [0.1, 0.15) is 41.0 Å². The van der Waals surface area contributed by atoms with Crippen LogP contribution in [0.3, 0.4) is 0 Å². The predicted molar refractivity (Wildman–Crippen MR) is 163 cm³/mol. The molecule has 2 saturated heterocycles. The smallest absolute Gasteiger partial charge is 0.182 e. The highest BCUT2D eigenvalue weighted by Gasteiger charge is 2.51. The molecule has 0 spiro atoms. The van der Waals surface area contributed by atoms with Crippen molar-refractivity contribution in [1.29, 1.82) is 0 Å². The van der Waals surface area contributed by atoms with Gasteiger partial charge >= 0.3 is 0 Å². The summed E-state index contributed by atoms with van der Waals surface area (Å²) in [7, 11) is 0. The van der Waals surface area contributed by atoms with Crippen molar-refractivity contribution in [1.82, 2.24) is 9.80 Å². The second-order valence-electron chi connectivity index (χ2n) is 10.8. The first-order valence-corrected chi connectivity index (χ1v) is 16.2. The van der Waals surface area contributed by atoms with Crippen LogP contribution >= 0.6 is 23.5 Å². The Kier molecular flexibility index (Phi) is 11.9. The zero-order chi connectivity index (χ0) is 29.3. The Morgan fingerprint density at radius 3 is 1.34 bits per heavy atom. The van der Waals surface area contributed by atoms with Crippen molar-refractivity contribution < 1.29 is 29.3 Å². The Labute approximate surface area is 251 Å². The Hall–Kier alpha value is -1.76. The van der Waals surface area contributed by atoms with Crippen LogP contribution in [0.5, 0.6) is 0 Å². The van der Waals surface area contributed by atoms with Crippen LogP contribution in [0.25, 0.3) is 0 Å². The van der Waals surface area contributed by atoms with Crippen molar-refractivity contribution in [2.24, 2.45) is 0 Å². The van der Waals surface area contributed by atoms with Gasteiger partial charge in [-0.1, -0.05) is 24.3 Å². The molecule has 2 aromatic carbocycles. The maximum absolute atomic E-state index is 14.4. The van der Waals surface area contributed by atoms with E-state index in [0.29, 0.717) is 81.7 Å². The summed E-state index contributed by atoms with van der Waals surface area (Å²) < 4.78 is 11.3. The summed E-state index contributed by atoms with van der Waals surface area (Å²) in [6.07, 6.45) is 0.319. The van der Waals surface area contributed by atoms with E-state index in [1.165, 1.54) is 0 Å². The SMILES string of the molecule is CC(CC(C)(C(=O)c1ccc(SCCO)cc1)N1CCOCC1)(C(=O)c1ccc(SCCO)cc1)N1CCOCC1. The third kappa shape index (κ3) is 7.80. The number of Topliss-reactive ketones (excluding diaryl/α,β-unsaturated/α-hetero) is 2.